The first-order chi connectivity index (χ1) is 15.0. The number of rotatable bonds is 5. The molecule has 0 unspecified atom stereocenters. The van der Waals surface area contributed by atoms with E-state index in [9.17, 15) is 9.59 Å². The molecule has 8 heteroatoms. The molecule has 4 rings (SSSR count). The van der Waals surface area contributed by atoms with Gasteiger partial charge in [-0.15, -0.1) is 0 Å². The summed E-state index contributed by atoms with van der Waals surface area (Å²) in [7, 11) is 0. The van der Waals surface area contributed by atoms with E-state index < -0.39 is 18.5 Å². The number of hydrogen-bond acceptors (Lipinski definition) is 5. The van der Waals surface area contributed by atoms with Crippen LogP contribution in [0.15, 0.2) is 42.5 Å². The van der Waals surface area contributed by atoms with Gasteiger partial charge in [0.2, 0.25) is 0 Å². The average molecular weight is 458 g/mol. The van der Waals surface area contributed by atoms with Crippen LogP contribution in [0.25, 0.3) is 10.9 Å². The summed E-state index contributed by atoms with van der Waals surface area (Å²) >= 11 is 11.9. The molecule has 0 atom stereocenters. The highest BCUT2D eigenvalue weighted by molar-refractivity contribution is 6.42. The highest BCUT2D eigenvalue weighted by Gasteiger charge is 2.26. The van der Waals surface area contributed by atoms with Crippen molar-refractivity contribution >= 4 is 51.7 Å². The van der Waals surface area contributed by atoms with Gasteiger partial charge in [0.05, 0.1) is 21.1 Å². The SMILES string of the molecule is CCN1CCc2nc3ccccc3c(C(=O)OCC(=O)Nc3ccc(Cl)c(Cl)c3)c2C1. The van der Waals surface area contributed by atoms with Gasteiger partial charge in [0, 0.05) is 41.8 Å². The number of carbonyl (C=O) groups excluding carboxylic acids is 2. The fourth-order valence-corrected chi connectivity index (χ4v) is 4.02. The zero-order valence-electron chi connectivity index (χ0n) is 17.0. The van der Waals surface area contributed by atoms with Crippen LogP contribution in [-0.2, 0) is 22.5 Å². The number of nitrogens with zero attached hydrogens (tertiary/aromatic N) is 2. The van der Waals surface area contributed by atoms with E-state index in [0.717, 1.165) is 41.7 Å². The van der Waals surface area contributed by atoms with Crippen molar-refractivity contribution in [3.63, 3.8) is 0 Å². The minimum absolute atomic E-state index is 0.326. The lowest BCUT2D eigenvalue weighted by Gasteiger charge is -2.28. The Hall–Kier alpha value is -2.67. The molecule has 160 valence electrons. The maximum absolute atomic E-state index is 13.1. The Morgan fingerprint density at radius 2 is 1.97 bits per heavy atom. The molecule has 0 aliphatic carbocycles. The summed E-state index contributed by atoms with van der Waals surface area (Å²) in [5.74, 6) is -0.994. The van der Waals surface area contributed by atoms with Crippen molar-refractivity contribution in [2.24, 2.45) is 0 Å². The Kier molecular flexibility index (Phi) is 6.41. The van der Waals surface area contributed by atoms with Crippen LogP contribution >= 0.6 is 23.2 Å². The van der Waals surface area contributed by atoms with Gasteiger partial charge in [-0.25, -0.2) is 4.79 Å². The van der Waals surface area contributed by atoms with Gasteiger partial charge in [0.25, 0.3) is 5.91 Å². The molecule has 1 N–H and O–H groups in total. The lowest BCUT2D eigenvalue weighted by molar-refractivity contribution is -0.119. The third-order valence-corrected chi connectivity index (χ3v) is 6.05. The summed E-state index contributed by atoms with van der Waals surface area (Å²) in [6, 6.07) is 12.2. The largest absolute Gasteiger partial charge is 0.452 e. The Labute approximate surface area is 190 Å². The Bertz CT molecular complexity index is 1170. The third kappa shape index (κ3) is 4.66. The molecule has 31 heavy (non-hydrogen) atoms. The second-order valence-electron chi connectivity index (χ2n) is 7.30. The molecule has 1 aliphatic rings. The molecule has 0 fully saturated rings. The van der Waals surface area contributed by atoms with E-state index in [1.165, 1.54) is 6.07 Å². The zero-order chi connectivity index (χ0) is 22.0. The molecule has 0 spiro atoms. The van der Waals surface area contributed by atoms with Crippen molar-refractivity contribution in [1.82, 2.24) is 9.88 Å². The third-order valence-electron chi connectivity index (χ3n) is 5.31. The second-order valence-corrected chi connectivity index (χ2v) is 8.12. The number of amides is 1. The van der Waals surface area contributed by atoms with Gasteiger partial charge >= 0.3 is 5.97 Å². The van der Waals surface area contributed by atoms with Gasteiger partial charge < -0.3 is 10.1 Å². The van der Waals surface area contributed by atoms with Crippen molar-refractivity contribution in [3.05, 3.63) is 69.3 Å². The van der Waals surface area contributed by atoms with Crippen LogP contribution in [0.1, 0.15) is 28.5 Å². The quantitative estimate of drug-likeness (QED) is 0.561. The van der Waals surface area contributed by atoms with Crippen LogP contribution in [0.4, 0.5) is 5.69 Å². The van der Waals surface area contributed by atoms with Gasteiger partial charge in [0.1, 0.15) is 0 Å². The first-order valence-corrected chi connectivity index (χ1v) is 10.8. The topological polar surface area (TPSA) is 71.5 Å². The van der Waals surface area contributed by atoms with E-state index in [-0.39, 0.29) is 0 Å². The van der Waals surface area contributed by atoms with Crippen molar-refractivity contribution in [3.8, 4) is 0 Å². The molecule has 3 aromatic rings. The molecule has 0 saturated heterocycles. The maximum Gasteiger partial charge on any atom is 0.339 e. The van der Waals surface area contributed by atoms with Crippen LogP contribution in [0, 0.1) is 0 Å². The Balaban J connectivity index is 1.55. The number of likely N-dealkylation sites (N-methyl/N-ethyl adjacent to an activating group) is 1. The minimum atomic E-state index is -0.530. The molecular weight excluding hydrogens is 437 g/mol. The molecular formula is C23H21Cl2N3O3. The summed E-state index contributed by atoms with van der Waals surface area (Å²) in [4.78, 5) is 32.4. The first-order valence-electron chi connectivity index (χ1n) is 10.0. The number of para-hydroxylation sites is 1. The van der Waals surface area contributed by atoms with Gasteiger partial charge in [0.15, 0.2) is 6.61 Å². The predicted molar refractivity (Wildman–Crippen MR) is 122 cm³/mol. The number of anilines is 1. The van der Waals surface area contributed by atoms with E-state index >= 15 is 0 Å². The van der Waals surface area contributed by atoms with Crippen LogP contribution in [-0.4, -0.2) is 41.5 Å². The number of halogens is 2. The van der Waals surface area contributed by atoms with Crippen molar-refractivity contribution in [2.75, 3.05) is 25.0 Å². The number of pyridine rings is 1. The minimum Gasteiger partial charge on any atom is -0.452 e. The molecule has 2 heterocycles. The molecule has 6 nitrogen and oxygen atoms in total. The summed E-state index contributed by atoms with van der Waals surface area (Å²) < 4.78 is 5.40. The molecule has 2 aromatic carbocycles. The molecule has 0 bridgehead atoms. The average Bonchev–Trinajstić information content (AvgIpc) is 2.78. The van der Waals surface area contributed by atoms with Crippen LogP contribution in [0.2, 0.25) is 10.0 Å². The lowest BCUT2D eigenvalue weighted by Crippen LogP contribution is -2.32. The van der Waals surface area contributed by atoms with Gasteiger partial charge in [-0.3, -0.25) is 14.7 Å². The Morgan fingerprint density at radius 1 is 1.16 bits per heavy atom. The van der Waals surface area contributed by atoms with Crippen molar-refractivity contribution in [2.45, 2.75) is 19.9 Å². The summed E-state index contributed by atoms with van der Waals surface area (Å²) in [6.07, 6.45) is 0.770. The summed E-state index contributed by atoms with van der Waals surface area (Å²) in [5.41, 5.74) is 3.50. The van der Waals surface area contributed by atoms with Gasteiger partial charge in [-0.05, 0) is 30.8 Å². The smallest absolute Gasteiger partial charge is 0.339 e. The molecule has 1 aliphatic heterocycles. The van der Waals surface area contributed by atoms with E-state index in [4.69, 9.17) is 32.9 Å². The monoisotopic (exact) mass is 457 g/mol. The standard InChI is InChI=1S/C23H21Cl2N3O3/c1-2-28-10-9-20-16(12-28)22(15-5-3-4-6-19(15)27-20)23(30)31-13-21(29)26-14-7-8-17(24)18(25)11-14/h3-8,11H,2,9-10,12-13H2,1H3,(H,26,29). The molecule has 1 aromatic heterocycles. The van der Waals surface area contributed by atoms with Gasteiger partial charge in [-0.2, -0.15) is 0 Å². The van der Waals surface area contributed by atoms with E-state index in [1.807, 2.05) is 24.3 Å². The number of nitrogens with one attached hydrogen (secondary N) is 1. The maximum atomic E-state index is 13.1. The van der Waals surface area contributed by atoms with Crippen LogP contribution in [0.5, 0.6) is 0 Å². The second kappa shape index (κ2) is 9.22. The van der Waals surface area contributed by atoms with Crippen molar-refractivity contribution in [1.29, 1.82) is 0 Å². The molecule has 0 saturated carbocycles. The highest BCUT2D eigenvalue weighted by Crippen LogP contribution is 2.29. The molecule has 1 amide bonds. The highest BCUT2D eigenvalue weighted by atomic mass is 35.5. The number of aromatic nitrogens is 1. The predicted octanol–water partition coefficient (Wildman–Crippen LogP) is 4.72. The number of ether oxygens (including phenoxy) is 1. The number of esters is 1. The van der Waals surface area contributed by atoms with Gasteiger partial charge in [-0.1, -0.05) is 48.3 Å². The first kappa shape index (κ1) is 21.6. The number of benzene rings is 2. The fraction of sp³-hybridized carbons (Fsp3) is 0.261. The van der Waals surface area contributed by atoms with E-state index in [2.05, 4.69) is 17.1 Å². The summed E-state index contributed by atoms with van der Waals surface area (Å²) in [6.45, 7) is 4.08. The number of fused-ring (bicyclic) bond motifs is 2. The normalized spacial score (nSPS) is 13.6. The van der Waals surface area contributed by atoms with Crippen LogP contribution in [0.3, 0.4) is 0 Å². The molecule has 0 radical (unpaired) electrons. The van der Waals surface area contributed by atoms with E-state index in [0.29, 0.717) is 27.8 Å². The van der Waals surface area contributed by atoms with Crippen LogP contribution < -0.4 is 5.32 Å². The zero-order valence-corrected chi connectivity index (χ0v) is 18.5. The lowest BCUT2D eigenvalue weighted by atomic mass is 9.96. The summed E-state index contributed by atoms with van der Waals surface area (Å²) in [5, 5.41) is 4.10. The number of hydrogen-bond donors (Lipinski definition) is 1. The fourth-order valence-electron chi connectivity index (χ4n) is 3.72. The number of carbonyl (C=O) groups is 2. The Morgan fingerprint density at radius 3 is 2.74 bits per heavy atom. The van der Waals surface area contributed by atoms with E-state index in [1.54, 1.807) is 12.1 Å². The van der Waals surface area contributed by atoms with Crippen molar-refractivity contribution < 1.29 is 14.3 Å².